The van der Waals surface area contributed by atoms with Gasteiger partial charge in [-0.3, -0.25) is 4.79 Å². The van der Waals surface area contributed by atoms with Crippen LogP contribution < -0.4 is 4.74 Å². The highest BCUT2D eigenvalue weighted by molar-refractivity contribution is 5.95. The average molecular weight is 348 g/mol. The number of carbonyl (C=O) groups is 1. The van der Waals surface area contributed by atoms with Crippen LogP contribution in [0.25, 0.3) is 0 Å². The van der Waals surface area contributed by atoms with Crippen molar-refractivity contribution >= 4 is 5.91 Å². The number of nitrogens with zero attached hydrogens (tertiary/aromatic N) is 2. The topological polar surface area (TPSA) is 62.7 Å². The van der Waals surface area contributed by atoms with E-state index in [1.165, 1.54) is 18.1 Å². The second-order valence-corrected chi connectivity index (χ2v) is 6.07. The first kappa shape index (κ1) is 17.3. The first-order valence-corrected chi connectivity index (χ1v) is 7.85. The van der Waals surface area contributed by atoms with E-state index in [1.807, 2.05) is 0 Å². The van der Waals surface area contributed by atoms with E-state index in [2.05, 4.69) is 4.98 Å². The number of benzene rings is 1. The molecule has 5 nitrogen and oxygen atoms in total. The molecule has 1 N–H and O–H groups in total. The number of β-amino-alcohol motifs (C(OH)–C–C–N with tert-alkyl or cyclic N) is 1. The summed E-state index contributed by atoms with van der Waals surface area (Å²) < 4.78 is 32.8. The van der Waals surface area contributed by atoms with E-state index in [4.69, 9.17) is 4.74 Å². The van der Waals surface area contributed by atoms with Crippen LogP contribution in [0.5, 0.6) is 5.88 Å². The third-order valence-corrected chi connectivity index (χ3v) is 4.24. The third kappa shape index (κ3) is 3.46. The second kappa shape index (κ2) is 6.76. The highest BCUT2D eigenvalue weighted by Gasteiger charge is 2.37. The number of aliphatic hydroxyl groups is 1. The van der Waals surface area contributed by atoms with Crippen LogP contribution in [-0.4, -0.2) is 40.7 Å². The van der Waals surface area contributed by atoms with E-state index >= 15 is 0 Å². The van der Waals surface area contributed by atoms with E-state index in [0.29, 0.717) is 11.3 Å². The van der Waals surface area contributed by atoms with E-state index in [1.54, 1.807) is 13.0 Å². The molecular weight excluding hydrogens is 330 g/mol. The number of rotatable bonds is 3. The highest BCUT2D eigenvalue weighted by Crippen LogP contribution is 2.35. The molecule has 1 fully saturated rings. The lowest BCUT2D eigenvalue weighted by molar-refractivity contribution is 0.0713. The summed E-state index contributed by atoms with van der Waals surface area (Å²) in [6.07, 6.45) is -0.658. The Bertz CT molecular complexity index is 813. The standard InChI is InChI=1S/C18H18F2N2O3/c1-10-5-11(6-17(21-10)25-2)18(24)22-9-13(23)8-16(22)14-7-12(19)3-4-15(14)20/h3-7,13,16,23H,8-9H2,1-2H3/t13-,16-/m0/s1. The van der Waals surface area contributed by atoms with Gasteiger partial charge in [0.1, 0.15) is 11.6 Å². The number of carbonyl (C=O) groups excluding carboxylic acids is 1. The summed E-state index contributed by atoms with van der Waals surface area (Å²) in [5, 5.41) is 10.00. The maximum Gasteiger partial charge on any atom is 0.254 e. The van der Waals surface area contributed by atoms with Crippen molar-refractivity contribution in [1.29, 1.82) is 0 Å². The van der Waals surface area contributed by atoms with Crippen molar-refractivity contribution in [3.63, 3.8) is 0 Å². The summed E-state index contributed by atoms with van der Waals surface area (Å²) >= 11 is 0. The van der Waals surface area contributed by atoms with Gasteiger partial charge in [-0.05, 0) is 37.6 Å². The molecule has 0 radical (unpaired) electrons. The molecule has 3 rings (SSSR count). The molecule has 2 heterocycles. The van der Waals surface area contributed by atoms with Crippen LogP contribution in [0.2, 0.25) is 0 Å². The Morgan fingerprint density at radius 3 is 2.80 bits per heavy atom. The predicted octanol–water partition coefficient (Wildman–Crippen LogP) is 2.62. The molecule has 1 aliphatic heterocycles. The maximum absolute atomic E-state index is 14.2. The molecular formula is C18H18F2N2O3. The number of aliphatic hydroxyl groups excluding tert-OH is 1. The van der Waals surface area contributed by atoms with Gasteiger partial charge in [-0.2, -0.15) is 0 Å². The van der Waals surface area contributed by atoms with Gasteiger partial charge in [-0.25, -0.2) is 13.8 Å². The van der Waals surface area contributed by atoms with Crippen LogP contribution in [-0.2, 0) is 0 Å². The summed E-state index contributed by atoms with van der Waals surface area (Å²) in [4.78, 5) is 18.4. The summed E-state index contributed by atoms with van der Waals surface area (Å²) in [5.74, 6) is -1.31. The fourth-order valence-electron chi connectivity index (χ4n) is 3.14. The Morgan fingerprint density at radius 2 is 2.08 bits per heavy atom. The van der Waals surface area contributed by atoms with Crippen molar-refractivity contribution < 1.29 is 23.4 Å². The minimum absolute atomic E-state index is 0.0448. The quantitative estimate of drug-likeness (QED) is 0.926. The lowest BCUT2D eigenvalue weighted by Gasteiger charge is -2.25. The van der Waals surface area contributed by atoms with E-state index in [0.717, 1.165) is 18.2 Å². The van der Waals surface area contributed by atoms with Gasteiger partial charge >= 0.3 is 0 Å². The molecule has 0 spiro atoms. The first-order chi connectivity index (χ1) is 11.9. The smallest absolute Gasteiger partial charge is 0.254 e. The van der Waals surface area contributed by atoms with Crippen LogP contribution in [0.3, 0.4) is 0 Å². The molecule has 7 heteroatoms. The Balaban J connectivity index is 1.98. The number of aryl methyl sites for hydroxylation is 1. The number of methoxy groups -OCH3 is 1. The van der Waals surface area contributed by atoms with E-state index in [-0.39, 0.29) is 24.4 Å². The fourth-order valence-corrected chi connectivity index (χ4v) is 3.14. The van der Waals surface area contributed by atoms with Crippen molar-refractivity contribution in [1.82, 2.24) is 9.88 Å². The molecule has 0 bridgehead atoms. The monoisotopic (exact) mass is 348 g/mol. The van der Waals surface area contributed by atoms with Gasteiger partial charge in [0.05, 0.1) is 19.3 Å². The average Bonchev–Trinajstić information content (AvgIpc) is 2.97. The molecule has 25 heavy (non-hydrogen) atoms. The second-order valence-electron chi connectivity index (χ2n) is 6.07. The van der Waals surface area contributed by atoms with Crippen molar-refractivity contribution in [3.8, 4) is 5.88 Å². The van der Waals surface area contributed by atoms with Gasteiger partial charge in [0.25, 0.3) is 5.91 Å². The van der Waals surface area contributed by atoms with Crippen LogP contribution in [0.4, 0.5) is 8.78 Å². The maximum atomic E-state index is 14.2. The first-order valence-electron chi connectivity index (χ1n) is 7.85. The van der Waals surface area contributed by atoms with Gasteiger partial charge in [-0.1, -0.05) is 0 Å². The number of likely N-dealkylation sites (tertiary alicyclic amines) is 1. The molecule has 2 aromatic rings. The number of hydrogen-bond acceptors (Lipinski definition) is 4. The van der Waals surface area contributed by atoms with Crippen LogP contribution in [0.15, 0.2) is 30.3 Å². The molecule has 1 aromatic heterocycles. The molecule has 1 saturated heterocycles. The summed E-state index contributed by atoms with van der Waals surface area (Å²) in [5.41, 5.74) is 0.971. The number of aromatic nitrogens is 1. The molecule has 1 aromatic carbocycles. The van der Waals surface area contributed by atoms with Gasteiger partial charge in [0.2, 0.25) is 5.88 Å². The Hall–Kier alpha value is -2.54. The Morgan fingerprint density at radius 1 is 1.32 bits per heavy atom. The van der Waals surface area contributed by atoms with E-state index in [9.17, 15) is 18.7 Å². The van der Waals surface area contributed by atoms with Gasteiger partial charge in [0.15, 0.2) is 0 Å². The predicted molar refractivity (Wildman–Crippen MR) is 86.3 cm³/mol. The summed E-state index contributed by atoms with van der Waals surface area (Å²) in [6, 6.07) is 5.45. The van der Waals surface area contributed by atoms with E-state index < -0.39 is 29.7 Å². The largest absolute Gasteiger partial charge is 0.481 e. The number of halogens is 2. The Labute approximate surface area is 143 Å². The summed E-state index contributed by atoms with van der Waals surface area (Å²) in [7, 11) is 1.45. The zero-order valence-electron chi connectivity index (χ0n) is 13.9. The minimum Gasteiger partial charge on any atom is -0.481 e. The molecule has 0 aliphatic carbocycles. The highest BCUT2D eigenvalue weighted by atomic mass is 19.1. The lowest BCUT2D eigenvalue weighted by Crippen LogP contribution is -2.32. The lowest BCUT2D eigenvalue weighted by atomic mass is 10.0. The molecule has 2 atom stereocenters. The molecule has 1 aliphatic rings. The van der Waals surface area contributed by atoms with Crippen LogP contribution in [0, 0.1) is 18.6 Å². The van der Waals surface area contributed by atoms with Gasteiger partial charge < -0.3 is 14.7 Å². The number of amides is 1. The van der Waals surface area contributed by atoms with Crippen molar-refractivity contribution in [3.05, 3.63) is 58.8 Å². The summed E-state index contributed by atoms with van der Waals surface area (Å²) in [6.45, 7) is 1.77. The SMILES string of the molecule is COc1cc(C(=O)N2C[C@@H](O)C[C@H]2c2cc(F)ccc2F)cc(C)n1. The number of ether oxygens (including phenoxy) is 1. The fraction of sp³-hybridized carbons (Fsp3) is 0.333. The zero-order valence-corrected chi connectivity index (χ0v) is 13.9. The van der Waals surface area contributed by atoms with Crippen LogP contribution >= 0.6 is 0 Å². The van der Waals surface area contributed by atoms with Gasteiger partial charge in [0, 0.05) is 29.4 Å². The normalized spacial score (nSPS) is 20.0. The zero-order chi connectivity index (χ0) is 18.1. The van der Waals surface area contributed by atoms with Gasteiger partial charge in [-0.15, -0.1) is 0 Å². The molecule has 0 unspecified atom stereocenters. The van der Waals surface area contributed by atoms with Crippen molar-refractivity contribution in [2.24, 2.45) is 0 Å². The molecule has 0 saturated carbocycles. The van der Waals surface area contributed by atoms with Crippen LogP contribution in [0.1, 0.15) is 34.1 Å². The minimum atomic E-state index is -0.804. The van der Waals surface area contributed by atoms with Crippen molar-refractivity contribution in [2.45, 2.75) is 25.5 Å². The third-order valence-electron chi connectivity index (χ3n) is 4.24. The molecule has 1 amide bonds. The Kier molecular flexibility index (Phi) is 4.67. The number of hydrogen-bond donors (Lipinski definition) is 1. The molecule has 132 valence electrons. The van der Waals surface area contributed by atoms with Crippen molar-refractivity contribution in [2.75, 3.05) is 13.7 Å². The number of pyridine rings is 1.